The molecule has 0 spiro atoms. The molecule has 2 rings (SSSR count). The number of anilines is 3. The Balaban J connectivity index is 2.13. The van der Waals surface area contributed by atoms with E-state index in [1.54, 1.807) is 18.2 Å². The molecular formula is C15H17ClN2O. The summed E-state index contributed by atoms with van der Waals surface area (Å²) in [4.78, 5) is 0. The Morgan fingerprint density at radius 3 is 2.42 bits per heavy atom. The molecule has 0 atom stereocenters. The number of hydrogen-bond acceptors (Lipinski definition) is 3. The van der Waals surface area contributed by atoms with E-state index in [2.05, 4.69) is 5.32 Å². The largest absolute Gasteiger partial charge is 0.491 e. The highest BCUT2D eigenvalue weighted by Gasteiger charge is 2.02. The van der Waals surface area contributed by atoms with Crippen molar-refractivity contribution in [3.8, 4) is 5.75 Å². The third-order valence-electron chi connectivity index (χ3n) is 2.52. The van der Waals surface area contributed by atoms with Gasteiger partial charge in [0.1, 0.15) is 5.75 Å². The molecule has 0 saturated carbocycles. The first kappa shape index (κ1) is 13.6. The van der Waals surface area contributed by atoms with Gasteiger partial charge in [0.05, 0.1) is 17.5 Å². The fourth-order valence-electron chi connectivity index (χ4n) is 1.68. The number of rotatable bonds is 4. The van der Waals surface area contributed by atoms with Crippen LogP contribution in [0, 0.1) is 0 Å². The van der Waals surface area contributed by atoms with Crippen LogP contribution in [0.1, 0.15) is 13.8 Å². The van der Waals surface area contributed by atoms with E-state index in [1.165, 1.54) is 0 Å². The van der Waals surface area contributed by atoms with Crippen LogP contribution in [0.15, 0.2) is 42.5 Å². The van der Waals surface area contributed by atoms with Gasteiger partial charge < -0.3 is 15.8 Å². The number of halogens is 1. The maximum Gasteiger partial charge on any atom is 0.119 e. The van der Waals surface area contributed by atoms with Crippen LogP contribution in [0.4, 0.5) is 17.1 Å². The molecule has 0 aliphatic rings. The molecule has 0 unspecified atom stereocenters. The summed E-state index contributed by atoms with van der Waals surface area (Å²) in [5.41, 5.74) is 8.28. The Hall–Kier alpha value is -1.87. The van der Waals surface area contributed by atoms with Crippen molar-refractivity contribution in [2.24, 2.45) is 0 Å². The predicted octanol–water partition coefficient (Wildman–Crippen LogP) is 4.45. The normalized spacial score (nSPS) is 10.5. The Labute approximate surface area is 118 Å². The number of ether oxygens (including phenoxy) is 1. The molecule has 0 heterocycles. The van der Waals surface area contributed by atoms with Crippen LogP contribution in [0.5, 0.6) is 5.75 Å². The minimum Gasteiger partial charge on any atom is -0.491 e. The van der Waals surface area contributed by atoms with E-state index in [0.717, 1.165) is 17.1 Å². The molecule has 3 N–H and O–H groups in total. The first-order valence-electron chi connectivity index (χ1n) is 6.13. The maximum atomic E-state index is 5.95. The third-order valence-corrected chi connectivity index (χ3v) is 2.76. The van der Waals surface area contributed by atoms with Gasteiger partial charge in [-0.25, -0.2) is 0 Å². The van der Waals surface area contributed by atoms with E-state index >= 15 is 0 Å². The minimum atomic E-state index is 0.169. The number of benzene rings is 2. The Morgan fingerprint density at radius 2 is 1.79 bits per heavy atom. The van der Waals surface area contributed by atoms with Crippen molar-refractivity contribution < 1.29 is 4.74 Å². The smallest absolute Gasteiger partial charge is 0.119 e. The average Bonchev–Trinajstić information content (AvgIpc) is 2.35. The molecule has 0 aliphatic carbocycles. The molecule has 19 heavy (non-hydrogen) atoms. The summed E-state index contributed by atoms with van der Waals surface area (Å²) >= 11 is 5.95. The molecule has 0 amide bonds. The van der Waals surface area contributed by atoms with Crippen molar-refractivity contribution in [2.45, 2.75) is 20.0 Å². The Kier molecular flexibility index (Phi) is 4.17. The second kappa shape index (κ2) is 5.85. The lowest BCUT2D eigenvalue weighted by Crippen LogP contribution is -2.05. The lowest BCUT2D eigenvalue weighted by Gasteiger charge is -2.12. The highest BCUT2D eigenvalue weighted by Crippen LogP contribution is 2.27. The van der Waals surface area contributed by atoms with Crippen molar-refractivity contribution in [1.29, 1.82) is 0 Å². The van der Waals surface area contributed by atoms with Gasteiger partial charge in [0, 0.05) is 10.7 Å². The van der Waals surface area contributed by atoms with Crippen molar-refractivity contribution in [1.82, 2.24) is 0 Å². The molecule has 0 aliphatic heterocycles. The maximum absolute atomic E-state index is 5.95. The average molecular weight is 277 g/mol. The second-order valence-electron chi connectivity index (χ2n) is 4.55. The summed E-state index contributed by atoms with van der Waals surface area (Å²) < 4.78 is 5.59. The molecule has 0 fully saturated rings. The van der Waals surface area contributed by atoms with Crippen molar-refractivity contribution >= 4 is 28.7 Å². The van der Waals surface area contributed by atoms with Gasteiger partial charge in [0.2, 0.25) is 0 Å². The second-order valence-corrected chi connectivity index (χ2v) is 4.98. The van der Waals surface area contributed by atoms with Crippen LogP contribution in [0.2, 0.25) is 5.02 Å². The fourth-order valence-corrected chi connectivity index (χ4v) is 1.85. The number of nitrogens with one attached hydrogen (secondary N) is 1. The van der Waals surface area contributed by atoms with E-state index in [0.29, 0.717) is 10.7 Å². The topological polar surface area (TPSA) is 47.3 Å². The summed E-state index contributed by atoms with van der Waals surface area (Å²) in [6.45, 7) is 4.00. The van der Waals surface area contributed by atoms with Crippen LogP contribution in [0.25, 0.3) is 0 Å². The van der Waals surface area contributed by atoms with E-state index in [1.807, 2.05) is 38.1 Å². The number of nitrogen functional groups attached to an aromatic ring is 1. The monoisotopic (exact) mass is 276 g/mol. The molecule has 2 aromatic rings. The minimum absolute atomic E-state index is 0.169. The molecule has 2 aromatic carbocycles. The summed E-state index contributed by atoms with van der Waals surface area (Å²) in [5.74, 6) is 0.847. The molecule has 0 bridgehead atoms. The molecule has 100 valence electrons. The van der Waals surface area contributed by atoms with Crippen molar-refractivity contribution in [3.63, 3.8) is 0 Å². The SMILES string of the molecule is CC(C)Oc1ccc(Nc2cc(Cl)ccc2N)cc1. The zero-order valence-corrected chi connectivity index (χ0v) is 11.7. The summed E-state index contributed by atoms with van der Waals surface area (Å²) in [6.07, 6.45) is 0.169. The molecular weight excluding hydrogens is 260 g/mol. The Morgan fingerprint density at radius 1 is 1.11 bits per heavy atom. The zero-order valence-electron chi connectivity index (χ0n) is 11.0. The summed E-state index contributed by atoms with van der Waals surface area (Å²) in [6, 6.07) is 13.1. The highest BCUT2D eigenvalue weighted by atomic mass is 35.5. The molecule has 0 aromatic heterocycles. The van der Waals surface area contributed by atoms with Gasteiger partial charge in [0.15, 0.2) is 0 Å². The van der Waals surface area contributed by atoms with E-state index < -0.39 is 0 Å². The fraction of sp³-hybridized carbons (Fsp3) is 0.200. The first-order chi connectivity index (χ1) is 9.04. The van der Waals surface area contributed by atoms with Crippen LogP contribution >= 0.6 is 11.6 Å². The van der Waals surface area contributed by atoms with Gasteiger partial charge in [-0.2, -0.15) is 0 Å². The third kappa shape index (κ3) is 3.80. The Bertz CT molecular complexity index is 553. The highest BCUT2D eigenvalue weighted by molar-refractivity contribution is 6.31. The lowest BCUT2D eigenvalue weighted by molar-refractivity contribution is 0.242. The summed E-state index contributed by atoms with van der Waals surface area (Å²) in [5, 5.41) is 3.88. The zero-order chi connectivity index (χ0) is 13.8. The van der Waals surface area contributed by atoms with Gasteiger partial charge >= 0.3 is 0 Å². The van der Waals surface area contributed by atoms with Crippen LogP contribution in [0.3, 0.4) is 0 Å². The number of hydrogen-bond donors (Lipinski definition) is 2. The number of nitrogens with two attached hydrogens (primary N) is 1. The molecule has 0 radical (unpaired) electrons. The van der Waals surface area contributed by atoms with Crippen molar-refractivity contribution in [2.75, 3.05) is 11.1 Å². The van der Waals surface area contributed by atoms with E-state index in [4.69, 9.17) is 22.1 Å². The van der Waals surface area contributed by atoms with Gasteiger partial charge in [0.25, 0.3) is 0 Å². The predicted molar refractivity (Wildman–Crippen MR) is 81.4 cm³/mol. The van der Waals surface area contributed by atoms with Gasteiger partial charge in [-0.05, 0) is 56.3 Å². The molecule has 3 nitrogen and oxygen atoms in total. The standard InChI is InChI=1S/C15H17ClN2O/c1-10(2)19-13-6-4-12(5-7-13)18-15-9-11(16)3-8-14(15)17/h3-10,18H,17H2,1-2H3. The van der Waals surface area contributed by atoms with Crippen LogP contribution < -0.4 is 15.8 Å². The summed E-state index contributed by atoms with van der Waals surface area (Å²) in [7, 11) is 0. The van der Waals surface area contributed by atoms with E-state index in [9.17, 15) is 0 Å². The lowest BCUT2D eigenvalue weighted by atomic mass is 10.2. The van der Waals surface area contributed by atoms with Gasteiger partial charge in [-0.15, -0.1) is 0 Å². The van der Waals surface area contributed by atoms with Gasteiger partial charge in [-0.3, -0.25) is 0 Å². The van der Waals surface area contributed by atoms with Gasteiger partial charge in [-0.1, -0.05) is 11.6 Å². The van der Waals surface area contributed by atoms with Crippen LogP contribution in [-0.2, 0) is 0 Å². The van der Waals surface area contributed by atoms with E-state index in [-0.39, 0.29) is 6.10 Å². The van der Waals surface area contributed by atoms with Crippen molar-refractivity contribution in [3.05, 3.63) is 47.5 Å². The molecule has 0 saturated heterocycles. The molecule has 4 heteroatoms. The first-order valence-corrected chi connectivity index (χ1v) is 6.51. The van der Waals surface area contributed by atoms with Crippen LogP contribution in [-0.4, -0.2) is 6.10 Å². The quantitative estimate of drug-likeness (QED) is 0.811.